The highest BCUT2D eigenvalue weighted by Gasteiger charge is 2.34. The van der Waals surface area contributed by atoms with Gasteiger partial charge in [-0.15, -0.1) is 21.7 Å². The van der Waals surface area contributed by atoms with Crippen LogP contribution in [0.2, 0.25) is 39.3 Å². The largest absolute Gasteiger partial charge is 0.494 e. The van der Waals surface area contributed by atoms with Gasteiger partial charge in [-0.3, -0.25) is 0 Å². The van der Waals surface area contributed by atoms with Crippen LogP contribution in [0.5, 0.6) is 23.0 Å². The van der Waals surface area contributed by atoms with Crippen molar-refractivity contribution < 1.29 is 18.5 Å². The Morgan fingerprint density at radius 3 is 1.27 bits per heavy atom. The molecule has 2 unspecified atom stereocenters. The number of unbranched alkanes of at least 4 members (excludes halogenated alkanes) is 2. The molecule has 0 saturated heterocycles. The van der Waals surface area contributed by atoms with E-state index in [0.717, 1.165) is 78.1 Å². The Labute approximate surface area is 292 Å². The zero-order valence-electron chi connectivity index (χ0n) is 28.3. The van der Waals surface area contributed by atoms with Crippen LogP contribution in [0.3, 0.4) is 0 Å². The lowest BCUT2D eigenvalue weighted by atomic mass is 10.2. The molecule has 12 heteroatoms. The van der Waals surface area contributed by atoms with Gasteiger partial charge in [0.15, 0.2) is 10.9 Å². The molecule has 2 atom stereocenters. The van der Waals surface area contributed by atoms with Crippen LogP contribution in [-0.2, 0) is 23.6 Å². The number of benzene rings is 3. The summed E-state index contributed by atoms with van der Waals surface area (Å²) < 4.78 is 25.7. The third-order valence-corrected chi connectivity index (χ3v) is 37.0. The average molecular weight is 757 g/mol. The second-order valence-corrected chi connectivity index (χ2v) is 44.3. The molecule has 0 aliphatic rings. The minimum atomic E-state index is -2.50. The van der Waals surface area contributed by atoms with Crippen molar-refractivity contribution >= 4 is 81.3 Å². The van der Waals surface area contributed by atoms with Crippen LogP contribution < -0.4 is 29.1 Å². The van der Waals surface area contributed by atoms with Crippen molar-refractivity contribution in [1.29, 1.82) is 0 Å². The van der Waals surface area contributed by atoms with Crippen LogP contribution in [0.4, 0.5) is 0 Å². The zero-order chi connectivity index (χ0) is 33.3. The summed E-state index contributed by atoms with van der Waals surface area (Å²) in [4.78, 5) is 0. The van der Waals surface area contributed by atoms with E-state index < -0.39 is 25.4 Å². The molecule has 0 N–H and O–H groups in total. The summed E-state index contributed by atoms with van der Waals surface area (Å²) in [5.74, 6) is 3.24. The predicted octanol–water partition coefficient (Wildman–Crippen LogP) is 11.5. The minimum Gasteiger partial charge on any atom is -0.494 e. The SMILES string of the molecule is CCCCOc1ccc(P(=S)(Oc2cccc(OP(=S)(S[Si](C)(C)C)c3ccc(OCCCC)cc3)c2C)S[Si](C)(C)C)cc1. The first-order valence-corrected chi connectivity index (χ1v) is 32.4. The number of hydrogen-bond acceptors (Lipinski definition) is 8. The predicted molar refractivity (Wildman–Crippen MR) is 216 cm³/mol. The second-order valence-electron chi connectivity index (χ2n) is 12.9. The fraction of sp³-hybridized carbons (Fsp3) is 0.455. The molecule has 0 aliphatic carbocycles. The zero-order valence-corrected chi connectivity index (χ0v) is 35.3. The van der Waals surface area contributed by atoms with E-state index in [2.05, 4.69) is 84.3 Å². The van der Waals surface area contributed by atoms with Crippen LogP contribution in [0.1, 0.15) is 45.1 Å². The molecule has 4 nitrogen and oxygen atoms in total. The number of rotatable bonds is 18. The molecule has 3 rings (SSSR count). The van der Waals surface area contributed by atoms with E-state index in [1.54, 1.807) is 0 Å². The van der Waals surface area contributed by atoms with E-state index in [1.165, 1.54) is 0 Å². The van der Waals surface area contributed by atoms with Crippen LogP contribution in [-0.4, -0.2) is 27.7 Å². The van der Waals surface area contributed by atoms with Gasteiger partial charge >= 0.3 is 0 Å². The monoisotopic (exact) mass is 756 g/mol. The molecule has 248 valence electrons. The van der Waals surface area contributed by atoms with Gasteiger partial charge in [-0.1, -0.05) is 72.0 Å². The van der Waals surface area contributed by atoms with E-state index in [-0.39, 0.29) is 0 Å². The van der Waals surface area contributed by atoms with Gasteiger partial charge in [0.05, 0.1) is 13.2 Å². The average Bonchev–Trinajstić information content (AvgIpc) is 2.94. The highest BCUT2D eigenvalue weighted by atomic mass is 33.0. The van der Waals surface area contributed by atoms with Gasteiger partial charge in [0, 0.05) is 16.2 Å². The molecule has 0 heterocycles. The Kier molecular flexibility index (Phi) is 14.7. The van der Waals surface area contributed by atoms with E-state index in [1.807, 2.05) is 64.1 Å². The van der Waals surface area contributed by atoms with Crippen LogP contribution in [0.25, 0.3) is 0 Å². The summed E-state index contributed by atoms with van der Waals surface area (Å²) in [5.41, 5.74) is -4.08. The Bertz CT molecular complexity index is 1370. The summed E-state index contributed by atoms with van der Waals surface area (Å²) in [5, 5.41) is 2.08. The van der Waals surface area contributed by atoms with Gasteiger partial charge in [0.1, 0.15) is 37.4 Å². The van der Waals surface area contributed by atoms with Crippen molar-refractivity contribution in [2.24, 2.45) is 0 Å². The Morgan fingerprint density at radius 2 is 0.956 bits per heavy atom. The maximum absolute atomic E-state index is 6.92. The summed E-state index contributed by atoms with van der Waals surface area (Å²) in [6.45, 7) is 21.7. The van der Waals surface area contributed by atoms with E-state index in [4.69, 9.17) is 42.1 Å². The second kappa shape index (κ2) is 17.1. The fourth-order valence-corrected chi connectivity index (χ4v) is 43.2. The van der Waals surface area contributed by atoms with Crippen molar-refractivity contribution in [3.05, 3.63) is 72.3 Å². The van der Waals surface area contributed by atoms with Crippen LogP contribution in [0, 0.1) is 6.92 Å². The fourth-order valence-electron chi connectivity index (χ4n) is 4.14. The standard InChI is InChI=1S/C33H50O4P2S4Si2/c1-10-12-25-34-28-17-21-30(22-18-28)38(40,42-44(4,5)6)36-32-15-14-16-33(27(32)3)37-39(41,43-45(7,8)9)31-23-19-29(20-24-31)35-26-13-11-2/h14-24H,10-13,25-26H2,1-9H3. The topological polar surface area (TPSA) is 36.9 Å². The third kappa shape index (κ3) is 12.4. The molecule has 0 aromatic heterocycles. The molecule has 3 aromatic carbocycles. The van der Waals surface area contributed by atoms with Gasteiger partial charge in [-0.05, 0) is 104 Å². The smallest absolute Gasteiger partial charge is 0.191 e. The van der Waals surface area contributed by atoms with E-state index in [9.17, 15) is 0 Å². The van der Waals surface area contributed by atoms with Crippen molar-refractivity contribution in [2.45, 2.75) is 85.7 Å². The minimum absolute atomic E-state index is 0.718. The quantitative estimate of drug-likeness (QED) is 0.0721. The number of ether oxygens (including phenoxy) is 2. The first-order chi connectivity index (χ1) is 21.1. The van der Waals surface area contributed by atoms with Gasteiger partial charge in [-0.2, -0.15) is 0 Å². The Morgan fingerprint density at radius 1 is 0.600 bits per heavy atom. The maximum Gasteiger partial charge on any atom is 0.191 e. The highest BCUT2D eigenvalue weighted by molar-refractivity contribution is 8.82. The molecule has 45 heavy (non-hydrogen) atoms. The normalized spacial score (nSPS) is 14.7. The first kappa shape index (κ1) is 38.7. The van der Waals surface area contributed by atoms with Gasteiger partial charge in [-0.25, -0.2) is 0 Å². The molecular weight excluding hydrogens is 707 g/mol. The van der Waals surface area contributed by atoms with Crippen LogP contribution in [0.15, 0.2) is 66.7 Å². The lowest BCUT2D eigenvalue weighted by Crippen LogP contribution is -2.19. The summed E-state index contributed by atoms with van der Waals surface area (Å²) >= 11 is 12.9. The molecule has 3 aromatic rings. The van der Waals surface area contributed by atoms with Crippen molar-refractivity contribution in [2.75, 3.05) is 13.2 Å². The Hall–Kier alpha value is -0.706. The highest BCUT2D eigenvalue weighted by Crippen LogP contribution is 2.64. The van der Waals surface area contributed by atoms with Gasteiger partial charge < -0.3 is 18.5 Å². The molecule has 0 amide bonds. The van der Waals surface area contributed by atoms with Gasteiger partial charge in [0.25, 0.3) is 0 Å². The molecule has 0 radical (unpaired) electrons. The van der Waals surface area contributed by atoms with Crippen molar-refractivity contribution in [1.82, 2.24) is 0 Å². The molecule has 0 saturated carbocycles. The summed E-state index contributed by atoms with van der Waals surface area (Å²) in [6.07, 6.45) is 4.28. The van der Waals surface area contributed by atoms with Crippen LogP contribution >= 0.6 is 32.6 Å². The van der Waals surface area contributed by atoms with E-state index in [0.29, 0.717) is 0 Å². The molecule has 0 fully saturated rings. The molecule has 0 aliphatic heterocycles. The maximum atomic E-state index is 6.92. The number of hydrogen-bond donors (Lipinski definition) is 0. The summed E-state index contributed by atoms with van der Waals surface area (Å²) in [6, 6.07) is 22.5. The lowest BCUT2D eigenvalue weighted by molar-refractivity contribution is 0.309. The lowest BCUT2D eigenvalue weighted by Gasteiger charge is -2.31. The molecule has 0 spiro atoms. The van der Waals surface area contributed by atoms with Gasteiger partial charge in [0.2, 0.25) is 0 Å². The Balaban J connectivity index is 1.95. The first-order valence-electron chi connectivity index (χ1n) is 15.6. The van der Waals surface area contributed by atoms with Crippen molar-refractivity contribution in [3.63, 3.8) is 0 Å². The summed E-state index contributed by atoms with van der Waals surface area (Å²) in [7, 11) is 0.373. The molecule has 0 bridgehead atoms. The third-order valence-electron chi connectivity index (χ3n) is 6.30. The van der Waals surface area contributed by atoms with E-state index >= 15 is 0 Å². The molecular formula is C33H50O4P2S4Si2. The van der Waals surface area contributed by atoms with Crippen molar-refractivity contribution in [3.8, 4) is 23.0 Å².